The molecule has 1 heterocycles. The van der Waals surface area contributed by atoms with Crippen molar-refractivity contribution in [2.45, 2.75) is 76.3 Å². The Bertz CT molecular complexity index is 1300. The first kappa shape index (κ1) is 36.9. The summed E-state index contributed by atoms with van der Waals surface area (Å²) in [5.74, 6) is 0. The number of hydrogen-bond donors (Lipinski definition) is 0. The fourth-order valence-corrected chi connectivity index (χ4v) is 20.4. The van der Waals surface area contributed by atoms with E-state index in [2.05, 4.69) is 131 Å². The Labute approximate surface area is 308 Å². The molecule has 2 nitrogen and oxygen atoms in total. The van der Waals surface area contributed by atoms with Crippen LogP contribution in [0.15, 0.2) is 121 Å². The highest BCUT2D eigenvalue weighted by molar-refractivity contribution is 7.70. The van der Waals surface area contributed by atoms with E-state index in [0.29, 0.717) is 0 Å². The summed E-state index contributed by atoms with van der Waals surface area (Å²) in [6, 6.07) is 48.6. The summed E-state index contributed by atoms with van der Waals surface area (Å²) in [4.78, 5) is 6.15. The van der Waals surface area contributed by atoms with Crippen molar-refractivity contribution in [2.75, 3.05) is 49.8 Å². The van der Waals surface area contributed by atoms with Crippen molar-refractivity contribution in [1.29, 1.82) is 0 Å². The minimum atomic E-state index is -0.280. The molecule has 0 N–H and O–H groups in total. The lowest BCUT2D eigenvalue weighted by atomic mass is 9.95. The lowest BCUT2D eigenvalue weighted by Crippen LogP contribution is -2.41. The normalized spacial score (nSPS) is 26.2. The molecule has 264 valence electrons. The second-order valence-electron chi connectivity index (χ2n) is 14.7. The van der Waals surface area contributed by atoms with Crippen molar-refractivity contribution in [3.63, 3.8) is 0 Å². The van der Waals surface area contributed by atoms with Gasteiger partial charge in [-0.25, -0.2) is 0 Å². The maximum absolute atomic E-state index is 3.08. The Morgan fingerprint density at radius 1 is 0.320 bits per heavy atom. The van der Waals surface area contributed by atoms with Crippen LogP contribution < -0.4 is 21.2 Å². The van der Waals surface area contributed by atoms with Gasteiger partial charge in [0.1, 0.15) is 0 Å². The van der Waals surface area contributed by atoms with Gasteiger partial charge in [-0.05, 0) is 71.5 Å². The maximum atomic E-state index is 3.08. The molecule has 6 heteroatoms. The Kier molecular flexibility index (Phi) is 14.4. The van der Waals surface area contributed by atoms with Crippen LogP contribution in [-0.2, 0) is 0 Å². The van der Waals surface area contributed by atoms with Crippen LogP contribution in [0.5, 0.6) is 0 Å². The number of rotatable bonds is 6. The van der Waals surface area contributed by atoms with E-state index in [1.807, 2.05) is 0 Å². The van der Waals surface area contributed by atoms with Crippen LogP contribution in [0, 0.1) is 0 Å². The predicted molar refractivity (Wildman–Crippen MR) is 228 cm³/mol. The first-order valence-electron chi connectivity index (χ1n) is 19.5. The zero-order chi connectivity index (χ0) is 33.8. The summed E-state index contributed by atoms with van der Waals surface area (Å²) in [6.45, 7) is 0. The van der Waals surface area contributed by atoms with E-state index in [9.17, 15) is 0 Å². The van der Waals surface area contributed by atoms with Gasteiger partial charge in [-0.3, -0.25) is 9.80 Å². The first-order valence-corrected chi connectivity index (χ1v) is 26.3. The Hall–Kier alpha value is -1.48. The molecule has 3 aliphatic rings. The molecule has 0 radical (unpaired) electrons. The quantitative estimate of drug-likeness (QED) is 0.182. The zero-order valence-corrected chi connectivity index (χ0v) is 33.7. The fraction of sp³-hybridized carbons (Fsp3) is 0.455. The summed E-state index contributed by atoms with van der Waals surface area (Å²) in [7, 11) is -1.12. The van der Waals surface area contributed by atoms with Gasteiger partial charge in [0.2, 0.25) is 0 Å². The van der Waals surface area contributed by atoms with E-state index in [1.165, 1.54) is 114 Å². The number of benzene rings is 4. The van der Waals surface area contributed by atoms with Crippen LogP contribution >= 0.6 is 31.7 Å². The minimum Gasteiger partial charge on any atom is -0.292 e. The summed E-state index contributed by atoms with van der Waals surface area (Å²) in [6.07, 6.45) is 24.5. The summed E-state index contributed by atoms with van der Waals surface area (Å²) >= 11 is 0. The largest absolute Gasteiger partial charge is 0.292 e. The molecule has 0 aromatic heterocycles. The van der Waals surface area contributed by atoms with Crippen LogP contribution in [0.2, 0.25) is 0 Å². The summed E-state index contributed by atoms with van der Waals surface area (Å²) in [5, 5.41) is 6.50. The van der Waals surface area contributed by atoms with Gasteiger partial charge in [-0.2, -0.15) is 0 Å². The standard InChI is InChI=1S/C44H58N2P4/c1-7-19-39(20-8-1)45-35-47(41-23-11-3-12-24-41)31-33-49(43-27-15-5-16-28-43)37-46(40-21-9-2-10-22-40)38-50(44-29-17-6-18-30-44)34-32-48(36-45)42-25-13-4-14-26-42/h3-6,11-18,23-30,39-40H,1-2,7-10,19-22,31-38H2. The van der Waals surface area contributed by atoms with E-state index in [1.54, 1.807) is 21.2 Å². The Morgan fingerprint density at radius 3 is 0.800 bits per heavy atom. The van der Waals surface area contributed by atoms with Crippen LogP contribution in [0.3, 0.4) is 0 Å². The lowest BCUT2D eigenvalue weighted by Gasteiger charge is -2.42. The second kappa shape index (κ2) is 19.6. The smallest absolute Gasteiger partial charge is 0.0231 e. The van der Waals surface area contributed by atoms with Gasteiger partial charge in [0.05, 0.1) is 0 Å². The van der Waals surface area contributed by atoms with Crippen molar-refractivity contribution in [3.8, 4) is 0 Å². The second-order valence-corrected chi connectivity index (χ2v) is 24.0. The Morgan fingerprint density at radius 2 is 0.560 bits per heavy atom. The van der Waals surface area contributed by atoms with Crippen molar-refractivity contribution in [2.24, 2.45) is 0 Å². The molecule has 2 saturated carbocycles. The van der Waals surface area contributed by atoms with Crippen molar-refractivity contribution >= 4 is 52.9 Å². The van der Waals surface area contributed by atoms with Gasteiger partial charge in [-0.15, -0.1) is 0 Å². The molecule has 4 aromatic carbocycles. The van der Waals surface area contributed by atoms with Gasteiger partial charge < -0.3 is 0 Å². The van der Waals surface area contributed by atoms with Crippen molar-refractivity contribution in [3.05, 3.63) is 121 Å². The van der Waals surface area contributed by atoms with Gasteiger partial charge in [0.15, 0.2) is 0 Å². The average molecular weight is 739 g/mol. The molecule has 50 heavy (non-hydrogen) atoms. The molecule has 0 spiro atoms. The highest BCUT2D eigenvalue weighted by Gasteiger charge is 2.32. The third-order valence-electron chi connectivity index (χ3n) is 11.4. The SMILES string of the molecule is c1ccc(P2CCP(c3ccccc3)CN(C3CCCCC3)CP(c3ccccc3)CCP(c3ccccc3)CN(C3CCCCC3)C2)cc1. The van der Waals surface area contributed by atoms with Crippen LogP contribution in [-0.4, -0.2) is 71.7 Å². The van der Waals surface area contributed by atoms with Crippen LogP contribution in [0.25, 0.3) is 0 Å². The van der Waals surface area contributed by atoms with Crippen LogP contribution in [0.4, 0.5) is 0 Å². The molecular weight excluding hydrogens is 680 g/mol. The summed E-state index contributed by atoms with van der Waals surface area (Å²) < 4.78 is 0. The predicted octanol–water partition coefficient (Wildman–Crippen LogP) is 10.3. The highest BCUT2D eigenvalue weighted by Crippen LogP contribution is 2.50. The van der Waals surface area contributed by atoms with Crippen molar-refractivity contribution in [1.82, 2.24) is 9.80 Å². The zero-order valence-electron chi connectivity index (χ0n) is 30.1. The summed E-state index contributed by atoms with van der Waals surface area (Å²) in [5.41, 5.74) is 0. The molecule has 1 aliphatic heterocycles. The minimum absolute atomic E-state index is 0.280. The molecular formula is C44H58N2P4. The average Bonchev–Trinajstić information content (AvgIpc) is 3.20. The van der Waals surface area contributed by atoms with E-state index in [0.717, 1.165) is 12.1 Å². The van der Waals surface area contributed by atoms with Gasteiger partial charge in [0, 0.05) is 37.2 Å². The molecule has 3 fully saturated rings. The Balaban J connectivity index is 1.28. The van der Waals surface area contributed by atoms with E-state index >= 15 is 0 Å². The molecule has 1 saturated heterocycles. The molecule has 4 atom stereocenters. The molecule has 7 rings (SSSR count). The molecule has 4 aromatic rings. The first-order chi connectivity index (χ1) is 24.8. The fourth-order valence-electron chi connectivity index (χ4n) is 8.48. The lowest BCUT2D eigenvalue weighted by molar-refractivity contribution is 0.209. The van der Waals surface area contributed by atoms with E-state index in [4.69, 9.17) is 0 Å². The van der Waals surface area contributed by atoms with Gasteiger partial charge in [0.25, 0.3) is 0 Å². The van der Waals surface area contributed by atoms with E-state index in [-0.39, 0.29) is 31.7 Å². The third kappa shape index (κ3) is 10.3. The monoisotopic (exact) mass is 738 g/mol. The number of nitrogens with zero attached hydrogens (tertiary/aromatic N) is 2. The molecule has 0 bridgehead atoms. The maximum Gasteiger partial charge on any atom is 0.0231 e. The molecule has 2 aliphatic carbocycles. The highest BCUT2D eigenvalue weighted by atomic mass is 31.1. The topological polar surface area (TPSA) is 6.48 Å². The van der Waals surface area contributed by atoms with Crippen LogP contribution in [0.1, 0.15) is 64.2 Å². The van der Waals surface area contributed by atoms with Gasteiger partial charge in [-0.1, -0.05) is 192 Å². The number of hydrogen-bond acceptors (Lipinski definition) is 2. The van der Waals surface area contributed by atoms with Crippen molar-refractivity contribution < 1.29 is 0 Å². The molecule has 4 unspecified atom stereocenters. The molecule has 0 amide bonds. The van der Waals surface area contributed by atoms with Gasteiger partial charge >= 0.3 is 0 Å². The van der Waals surface area contributed by atoms with E-state index < -0.39 is 0 Å². The third-order valence-corrected chi connectivity index (χ3v) is 22.0.